The molecule has 0 saturated carbocycles. The predicted molar refractivity (Wildman–Crippen MR) is 81.7 cm³/mol. The molecular formula is C13H14N5OP. The van der Waals surface area contributed by atoms with E-state index < -0.39 is 0 Å². The van der Waals surface area contributed by atoms with Crippen LogP contribution in [0.2, 0.25) is 0 Å². The van der Waals surface area contributed by atoms with Gasteiger partial charge in [0.2, 0.25) is 0 Å². The van der Waals surface area contributed by atoms with Gasteiger partial charge in [0.05, 0.1) is 11.3 Å². The number of nitrogens with zero attached hydrogens (tertiary/aromatic N) is 2. The van der Waals surface area contributed by atoms with Gasteiger partial charge in [-0.1, -0.05) is 30.3 Å². The van der Waals surface area contributed by atoms with Gasteiger partial charge in [-0.2, -0.15) is 0 Å². The fourth-order valence-corrected chi connectivity index (χ4v) is 2.21. The number of benzene rings is 1. The topological polar surface area (TPSA) is 105 Å². The molecule has 20 heavy (non-hydrogen) atoms. The monoisotopic (exact) mass is 287 g/mol. The first kappa shape index (κ1) is 14.1. The third kappa shape index (κ3) is 3.16. The normalized spacial score (nSPS) is 10.6. The highest BCUT2D eigenvalue weighted by atomic mass is 31.1. The number of nitrogens with one attached hydrogen (secondary N) is 2. The van der Waals surface area contributed by atoms with Gasteiger partial charge in [0.25, 0.3) is 0 Å². The summed E-state index contributed by atoms with van der Waals surface area (Å²) in [6, 6.07) is 9.24. The number of hydrogen-bond donors (Lipinski definition) is 3. The van der Waals surface area contributed by atoms with E-state index in [0.717, 1.165) is 11.8 Å². The molecule has 2 rings (SSSR count). The van der Waals surface area contributed by atoms with Crippen LogP contribution < -0.4 is 10.8 Å². The van der Waals surface area contributed by atoms with Crippen molar-refractivity contribution in [2.45, 2.75) is 0 Å². The predicted octanol–water partition coefficient (Wildman–Crippen LogP) is 1.68. The number of rotatable bonds is 6. The molecule has 102 valence electrons. The molecule has 0 amide bonds. The van der Waals surface area contributed by atoms with Gasteiger partial charge >= 0.3 is 0 Å². The molecule has 4 N–H and O–H groups in total. The molecule has 0 spiro atoms. The van der Waals surface area contributed by atoms with E-state index in [1.807, 2.05) is 30.3 Å². The molecule has 0 saturated heterocycles. The molecule has 0 aliphatic carbocycles. The van der Waals surface area contributed by atoms with Crippen LogP contribution in [0.15, 0.2) is 36.7 Å². The van der Waals surface area contributed by atoms with E-state index >= 15 is 0 Å². The lowest BCUT2D eigenvalue weighted by atomic mass is 10.0. The van der Waals surface area contributed by atoms with Crippen molar-refractivity contribution in [1.29, 1.82) is 5.41 Å². The molecule has 0 aliphatic rings. The Morgan fingerprint density at radius 1 is 1.35 bits per heavy atom. The average Bonchev–Trinajstić information content (AvgIpc) is 2.48. The summed E-state index contributed by atoms with van der Waals surface area (Å²) in [5.74, 6) is 0.721. The largest absolute Gasteiger partial charge is 0.383 e. The molecule has 0 fully saturated rings. The lowest BCUT2D eigenvalue weighted by molar-refractivity contribution is -0.105. The lowest BCUT2D eigenvalue weighted by Gasteiger charge is -2.12. The number of hydrogen-bond acceptors (Lipinski definition) is 6. The summed E-state index contributed by atoms with van der Waals surface area (Å²) in [7, 11) is 0.192. The SMILES string of the molecule is N=C(c1ccccc1)c1c(N)ncnc1NPCC=O. The number of aldehydes is 1. The van der Waals surface area contributed by atoms with E-state index in [1.54, 1.807) is 0 Å². The first-order valence-corrected chi connectivity index (χ1v) is 7.12. The Morgan fingerprint density at radius 3 is 2.80 bits per heavy atom. The lowest BCUT2D eigenvalue weighted by Crippen LogP contribution is -2.11. The van der Waals surface area contributed by atoms with Gasteiger partial charge in [-0.05, 0) is 8.73 Å². The fraction of sp³-hybridized carbons (Fsp3) is 0.0769. The van der Waals surface area contributed by atoms with E-state index in [1.165, 1.54) is 6.33 Å². The summed E-state index contributed by atoms with van der Waals surface area (Å²) in [4.78, 5) is 18.4. The highest BCUT2D eigenvalue weighted by Crippen LogP contribution is 2.24. The van der Waals surface area contributed by atoms with Crippen LogP contribution in [0.4, 0.5) is 11.6 Å². The first-order valence-electron chi connectivity index (χ1n) is 5.91. The van der Waals surface area contributed by atoms with Crippen molar-refractivity contribution in [1.82, 2.24) is 9.97 Å². The Kier molecular flexibility index (Phi) is 4.74. The van der Waals surface area contributed by atoms with Crippen molar-refractivity contribution in [3.63, 3.8) is 0 Å². The van der Waals surface area contributed by atoms with Crippen LogP contribution in [0.3, 0.4) is 0 Å². The smallest absolute Gasteiger partial charge is 0.144 e. The maximum Gasteiger partial charge on any atom is 0.144 e. The maximum absolute atomic E-state index is 10.4. The number of anilines is 2. The van der Waals surface area contributed by atoms with E-state index in [4.69, 9.17) is 11.1 Å². The zero-order valence-corrected chi connectivity index (χ0v) is 11.6. The van der Waals surface area contributed by atoms with Crippen molar-refractivity contribution < 1.29 is 4.79 Å². The molecule has 0 radical (unpaired) electrons. The van der Waals surface area contributed by atoms with Gasteiger partial charge in [-0.25, -0.2) is 9.97 Å². The minimum Gasteiger partial charge on any atom is -0.383 e. The molecule has 1 heterocycles. The van der Waals surface area contributed by atoms with E-state index in [0.29, 0.717) is 17.5 Å². The van der Waals surface area contributed by atoms with Gasteiger partial charge in [-0.15, -0.1) is 0 Å². The third-order valence-corrected chi connectivity index (χ3v) is 3.37. The molecule has 0 aliphatic heterocycles. The number of carbonyl (C=O) groups is 1. The van der Waals surface area contributed by atoms with Crippen LogP contribution in [0.25, 0.3) is 0 Å². The quantitative estimate of drug-likeness (QED) is 0.324. The zero-order chi connectivity index (χ0) is 14.4. The molecule has 2 aromatic rings. The van der Waals surface area contributed by atoms with E-state index in [2.05, 4.69) is 15.1 Å². The Hall–Kier alpha value is -2.33. The number of nitrogen functional groups attached to an aromatic ring is 1. The minimum atomic E-state index is 0.192. The number of aromatic nitrogens is 2. The third-order valence-electron chi connectivity index (χ3n) is 2.58. The molecule has 1 atom stereocenters. The highest BCUT2D eigenvalue weighted by molar-refractivity contribution is 7.40. The molecule has 1 aromatic carbocycles. The van der Waals surface area contributed by atoms with Crippen molar-refractivity contribution in [3.8, 4) is 0 Å². The Morgan fingerprint density at radius 2 is 2.10 bits per heavy atom. The van der Waals surface area contributed by atoms with Gasteiger partial charge in [0, 0.05) is 11.7 Å². The van der Waals surface area contributed by atoms with Crippen LogP contribution in [-0.4, -0.2) is 28.1 Å². The molecule has 1 aromatic heterocycles. The number of carbonyl (C=O) groups excluding carboxylic acids is 1. The molecule has 1 unspecified atom stereocenters. The summed E-state index contributed by atoms with van der Waals surface area (Å²) in [6.07, 6.45) is 2.56. The van der Waals surface area contributed by atoms with Gasteiger partial charge in [0.15, 0.2) is 0 Å². The maximum atomic E-state index is 10.4. The van der Waals surface area contributed by atoms with E-state index in [9.17, 15) is 4.79 Å². The number of nitrogens with two attached hydrogens (primary N) is 1. The van der Waals surface area contributed by atoms with E-state index in [-0.39, 0.29) is 20.3 Å². The summed E-state index contributed by atoms with van der Waals surface area (Å²) in [6.45, 7) is 0. The van der Waals surface area contributed by atoms with Crippen LogP contribution in [-0.2, 0) is 4.79 Å². The van der Waals surface area contributed by atoms with Gasteiger partial charge in [-0.3, -0.25) is 5.41 Å². The van der Waals surface area contributed by atoms with Gasteiger partial charge < -0.3 is 15.6 Å². The Bertz CT molecular complexity index is 617. The molecule has 6 nitrogen and oxygen atoms in total. The fourth-order valence-electron chi connectivity index (χ4n) is 1.67. The second kappa shape index (κ2) is 6.73. The highest BCUT2D eigenvalue weighted by Gasteiger charge is 2.15. The summed E-state index contributed by atoms with van der Waals surface area (Å²) < 4.78 is 0. The van der Waals surface area contributed by atoms with Crippen molar-refractivity contribution in [3.05, 3.63) is 47.8 Å². The summed E-state index contributed by atoms with van der Waals surface area (Å²) in [5, 5.41) is 11.3. The van der Waals surface area contributed by atoms with Crippen LogP contribution in [0.5, 0.6) is 0 Å². The minimum absolute atomic E-state index is 0.192. The van der Waals surface area contributed by atoms with Crippen LogP contribution in [0.1, 0.15) is 11.1 Å². The first-order chi connectivity index (χ1) is 9.74. The van der Waals surface area contributed by atoms with Crippen LogP contribution >= 0.6 is 8.73 Å². The standard InChI is InChI=1S/C13H14N5OP/c14-11(9-4-2-1-3-5-9)10-12(15)16-8-17-13(10)18-20-7-6-19/h1-6,8,14,20H,7H2,(H3,15,16,17,18). The Labute approximate surface area is 118 Å². The second-order valence-corrected chi connectivity index (χ2v) is 4.91. The summed E-state index contributed by atoms with van der Waals surface area (Å²) >= 11 is 0. The van der Waals surface area contributed by atoms with Gasteiger partial charge in [0.1, 0.15) is 24.2 Å². The zero-order valence-electron chi connectivity index (χ0n) is 10.6. The van der Waals surface area contributed by atoms with Crippen molar-refractivity contribution >= 4 is 32.4 Å². The van der Waals surface area contributed by atoms with Crippen molar-refractivity contribution in [2.75, 3.05) is 17.0 Å². The molecular weight excluding hydrogens is 273 g/mol. The Balaban J connectivity index is 2.34. The van der Waals surface area contributed by atoms with Crippen LogP contribution in [0, 0.1) is 5.41 Å². The summed E-state index contributed by atoms with van der Waals surface area (Å²) in [5.41, 5.74) is 7.31. The van der Waals surface area contributed by atoms with Crippen molar-refractivity contribution in [2.24, 2.45) is 0 Å². The molecule has 0 bridgehead atoms. The average molecular weight is 287 g/mol. The second-order valence-electron chi connectivity index (χ2n) is 3.90. The molecule has 7 heteroatoms.